The van der Waals surface area contributed by atoms with Gasteiger partial charge >= 0.3 is 0 Å². The predicted molar refractivity (Wildman–Crippen MR) is 105 cm³/mol. The molecule has 29 heavy (non-hydrogen) atoms. The highest BCUT2D eigenvalue weighted by Crippen LogP contribution is 2.49. The highest BCUT2D eigenvalue weighted by atomic mass is 16.8. The molecule has 0 saturated carbocycles. The van der Waals surface area contributed by atoms with Crippen LogP contribution in [0.15, 0.2) is 48.5 Å². The first-order chi connectivity index (χ1) is 13.8. The first kappa shape index (κ1) is 20.2. The average Bonchev–Trinajstić information content (AvgIpc) is 3.12. The van der Waals surface area contributed by atoms with Crippen molar-refractivity contribution in [2.45, 2.75) is 43.0 Å². The van der Waals surface area contributed by atoms with Crippen molar-refractivity contribution in [2.24, 2.45) is 0 Å². The Bertz CT molecular complexity index is 916. The summed E-state index contributed by atoms with van der Waals surface area (Å²) in [6, 6.07) is 15.0. The molecule has 2 aromatic carbocycles. The molecule has 0 aliphatic carbocycles. The Labute approximate surface area is 168 Å². The van der Waals surface area contributed by atoms with Gasteiger partial charge in [0.1, 0.15) is 23.9 Å². The van der Waals surface area contributed by atoms with Gasteiger partial charge in [-0.2, -0.15) is 0 Å². The lowest BCUT2D eigenvalue weighted by molar-refractivity contribution is -0.329. The molecule has 0 amide bonds. The van der Waals surface area contributed by atoms with E-state index in [1.54, 1.807) is 13.0 Å². The molecule has 2 aromatic rings. The molecule has 2 heterocycles. The van der Waals surface area contributed by atoms with E-state index in [4.69, 9.17) is 14.9 Å². The molecule has 4 rings (SSSR count). The monoisotopic (exact) mass is 399 g/mol. The van der Waals surface area contributed by atoms with Gasteiger partial charge in [0.15, 0.2) is 0 Å². The number of nitrogens with one attached hydrogen (secondary N) is 1. The summed E-state index contributed by atoms with van der Waals surface area (Å²) in [7, 11) is 0. The SMILES string of the molecule is CC(=N)c1ccc(Cc2cccc([C@]34OC[C@](CO)(O3)[C@@H](O)[C@H](O)[C@H]4O)c2)cc1. The highest BCUT2D eigenvalue weighted by molar-refractivity contribution is 5.96. The Morgan fingerprint density at radius 3 is 2.45 bits per heavy atom. The fraction of sp³-hybridized carbons (Fsp3) is 0.409. The van der Waals surface area contributed by atoms with Crippen LogP contribution in [0.2, 0.25) is 0 Å². The van der Waals surface area contributed by atoms with E-state index in [-0.39, 0.29) is 6.61 Å². The number of hydrogen-bond donors (Lipinski definition) is 5. The summed E-state index contributed by atoms with van der Waals surface area (Å²) in [6.07, 6.45) is -3.87. The lowest BCUT2D eigenvalue weighted by Crippen LogP contribution is -2.65. The van der Waals surface area contributed by atoms with Crippen LogP contribution in [-0.2, 0) is 21.7 Å². The van der Waals surface area contributed by atoms with E-state index in [0.29, 0.717) is 17.7 Å². The van der Waals surface area contributed by atoms with Crippen LogP contribution in [0, 0.1) is 5.41 Å². The summed E-state index contributed by atoms with van der Waals surface area (Å²) in [5, 5.41) is 48.7. The molecule has 2 fully saturated rings. The van der Waals surface area contributed by atoms with Gasteiger partial charge in [-0.25, -0.2) is 0 Å². The van der Waals surface area contributed by atoms with Gasteiger partial charge in [0, 0.05) is 11.3 Å². The smallest absolute Gasteiger partial charge is 0.225 e. The summed E-state index contributed by atoms with van der Waals surface area (Å²) < 4.78 is 11.7. The summed E-state index contributed by atoms with van der Waals surface area (Å²) >= 11 is 0. The van der Waals surface area contributed by atoms with Gasteiger partial charge in [0.05, 0.1) is 13.2 Å². The maximum absolute atomic E-state index is 10.6. The first-order valence-corrected chi connectivity index (χ1v) is 9.54. The summed E-state index contributed by atoms with van der Waals surface area (Å²) in [5.74, 6) is -1.65. The molecule has 5 N–H and O–H groups in total. The van der Waals surface area contributed by atoms with E-state index < -0.39 is 36.3 Å². The molecule has 7 heteroatoms. The Hall–Kier alpha value is -2.13. The molecule has 0 radical (unpaired) electrons. The van der Waals surface area contributed by atoms with E-state index in [2.05, 4.69) is 0 Å². The molecular formula is C22H25NO6. The van der Waals surface area contributed by atoms with Crippen molar-refractivity contribution in [1.82, 2.24) is 0 Å². The van der Waals surface area contributed by atoms with Crippen molar-refractivity contribution in [1.29, 1.82) is 5.41 Å². The van der Waals surface area contributed by atoms with Crippen molar-refractivity contribution in [3.8, 4) is 0 Å². The van der Waals surface area contributed by atoms with Crippen LogP contribution in [0.25, 0.3) is 0 Å². The summed E-state index contributed by atoms with van der Waals surface area (Å²) in [6.45, 7) is 1.05. The predicted octanol–water partition coefficient (Wildman–Crippen LogP) is 0.692. The summed E-state index contributed by atoms with van der Waals surface area (Å²) in [5.41, 5.74) is 2.41. The quantitative estimate of drug-likeness (QED) is 0.472. The minimum Gasteiger partial charge on any atom is -0.393 e. The zero-order valence-corrected chi connectivity index (χ0v) is 16.1. The number of ether oxygens (including phenoxy) is 2. The van der Waals surface area contributed by atoms with Crippen molar-refractivity contribution in [2.75, 3.05) is 13.2 Å². The van der Waals surface area contributed by atoms with Crippen LogP contribution in [-0.4, -0.2) is 63.3 Å². The Morgan fingerprint density at radius 1 is 1.07 bits per heavy atom. The van der Waals surface area contributed by atoms with Gasteiger partial charge in [0.2, 0.25) is 5.79 Å². The van der Waals surface area contributed by atoms with E-state index in [1.807, 2.05) is 42.5 Å². The van der Waals surface area contributed by atoms with Crippen LogP contribution >= 0.6 is 0 Å². The van der Waals surface area contributed by atoms with Crippen molar-refractivity contribution >= 4 is 5.71 Å². The number of fused-ring (bicyclic) bond motifs is 2. The molecule has 7 nitrogen and oxygen atoms in total. The largest absolute Gasteiger partial charge is 0.393 e. The van der Waals surface area contributed by atoms with E-state index in [9.17, 15) is 20.4 Å². The van der Waals surface area contributed by atoms with E-state index >= 15 is 0 Å². The molecule has 0 aromatic heterocycles. The van der Waals surface area contributed by atoms with E-state index in [0.717, 1.165) is 16.7 Å². The minimum atomic E-state index is -1.65. The average molecular weight is 399 g/mol. The molecule has 2 bridgehead atoms. The van der Waals surface area contributed by atoms with Crippen LogP contribution in [0.5, 0.6) is 0 Å². The van der Waals surface area contributed by atoms with Gasteiger partial charge in [0.25, 0.3) is 0 Å². The Morgan fingerprint density at radius 2 is 1.79 bits per heavy atom. The molecule has 5 atom stereocenters. The zero-order chi connectivity index (χ0) is 20.8. The standard InChI is InChI=1S/C22H25NO6/c1-13(23)16-7-5-14(6-8-16)9-15-3-2-4-17(10-15)22-20(27)18(25)19(26)21(11-24,29-22)12-28-22/h2-8,10,18-20,23-27H,9,11-12H2,1H3/t18-,19-,20+,21-,22-/m0/s1. The molecule has 2 aliphatic heterocycles. The van der Waals surface area contributed by atoms with Crippen molar-refractivity contribution < 1.29 is 29.9 Å². The lowest BCUT2D eigenvalue weighted by Gasteiger charge is -2.45. The number of rotatable bonds is 5. The number of benzene rings is 2. The molecule has 0 spiro atoms. The van der Waals surface area contributed by atoms with Crippen LogP contribution in [0.3, 0.4) is 0 Å². The van der Waals surface area contributed by atoms with Crippen LogP contribution in [0.1, 0.15) is 29.2 Å². The van der Waals surface area contributed by atoms with E-state index in [1.165, 1.54) is 0 Å². The topological polar surface area (TPSA) is 123 Å². The second kappa shape index (κ2) is 7.28. The fourth-order valence-electron chi connectivity index (χ4n) is 4.08. The highest BCUT2D eigenvalue weighted by Gasteiger charge is 2.67. The molecule has 0 unspecified atom stereocenters. The first-order valence-electron chi connectivity index (χ1n) is 9.54. The second-order valence-corrected chi connectivity index (χ2v) is 7.86. The van der Waals surface area contributed by atoms with Gasteiger partial charge in [-0.3, -0.25) is 0 Å². The van der Waals surface area contributed by atoms with Gasteiger partial charge < -0.3 is 35.3 Å². The molecule has 2 aliphatic rings. The third-order valence-corrected chi connectivity index (χ3v) is 5.85. The van der Waals surface area contributed by atoms with Crippen molar-refractivity contribution in [3.63, 3.8) is 0 Å². The van der Waals surface area contributed by atoms with Gasteiger partial charge in [-0.1, -0.05) is 42.5 Å². The third kappa shape index (κ3) is 3.20. The van der Waals surface area contributed by atoms with Gasteiger partial charge in [-0.15, -0.1) is 0 Å². The number of hydrogen-bond acceptors (Lipinski definition) is 7. The third-order valence-electron chi connectivity index (χ3n) is 5.85. The number of aliphatic hydroxyl groups excluding tert-OH is 4. The second-order valence-electron chi connectivity index (χ2n) is 7.86. The maximum atomic E-state index is 10.6. The molecule has 2 saturated heterocycles. The zero-order valence-electron chi connectivity index (χ0n) is 16.1. The van der Waals surface area contributed by atoms with Crippen LogP contribution in [0.4, 0.5) is 0 Å². The fourth-order valence-corrected chi connectivity index (χ4v) is 4.08. The minimum absolute atomic E-state index is 0.145. The molecule has 154 valence electrons. The normalized spacial score (nSPS) is 33.6. The van der Waals surface area contributed by atoms with Crippen LogP contribution < -0.4 is 0 Å². The number of aliphatic hydroxyl groups is 4. The Kier molecular flexibility index (Phi) is 5.06. The van der Waals surface area contributed by atoms with Gasteiger partial charge in [-0.05, 0) is 36.1 Å². The lowest BCUT2D eigenvalue weighted by atomic mass is 9.83. The summed E-state index contributed by atoms with van der Waals surface area (Å²) in [4.78, 5) is 0. The van der Waals surface area contributed by atoms with Crippen molar-refractivity contribution in [3.05, 3.63) is 70.8 Å². The molecular weight excluding hydrogens is 374 g/mol. The Balaban J connectivity index is 1.64. The maximum Gasteiger partial charge on any atom is 0.225 e.